The second-order valence-electron chi connectivity index (χ2n) is 5.76. The number of hydrogen-bond acceptors (Lipinski definition) is 3. The molecule has 0 radical (unpaired) electrons. The Morgan fingerprint density at radius 2 is 2.05 bits per heavy atom. The molecule has 1 atom stereocenters. The predicted molar refractivity (Wildman–Crippen MR) is 84.2 cm³/mol. The zero-order valence-electron chi connectivity index (χ0n) is 13.0. The van der Waals surface area contributed by atoms with Crippen molar-refractivity contribution in [1.29, 1.82) is 0 Å². The van der Waals surface area contributed by atoms with Crippen LogP contribution in [0.2, 0.25) is 0 Å². The Morgan fingerprint density at radius 1 is 1.27 bits per heavy atom. The molecule has 1 amide bonds. The number of amides is 1. The number of rotatable bonds is 4. The number of nitrogens with zero attached hydrogens (tertiary/aromatic N) is 1. The highest BCUT2D eigenvalue weighted by Crippen LogP contribution is 2.24. The van der Waals surface area contributed by atoms with E-state index in [2.05, 4.69) is 12.1 Å². The van der Waals surface area contributed by atoms with Crippen LogP contribution in [0.4, 0.5) is 0 Å². The number of aryl methyl sites for hydroxylation is 1. The van der Waals surface area contributed by atoms with Gasteiger partial charge in [0, 0.05) is 12.6 Å². The van der Waals surface area contributed by atoms with Gasteiger partial charge < -0.3 is 14.1 Å². The summed E-state index contributed by atoms with van der Waals surface area (Å²) in [5.41, 5.74) is 1.22. The lowest BCUT2D eigenvalue weighted by Crippen LogP contribution is -2.36. The van der Waals surface area contributed by atoms with Crippen LogP contribution < -0.4 is 4.74 Å². The average Bonchev–Trinajstić information content (AvgIpc) is 3.16. The van der Waals surface area contributed by atoms with Gasteiger partial charge in [-0.25, -0.2) is 0 Å². The van der Waals surface area contributed by atoms with Crippen LogP contribution in [0.5, 0.6) is 5.75 Å². The van der Waals surface area contributed by atoms with Gasteiger partial charge in [0.1, 0.15) is 11.5 Å². The molecule has 2 heterocycles. The Morgan fingerprint density at radius 3 is 2.68 bits per heavy atom. The van der Waals surface area contributed by atoms with Crippen molar-refractivity contribution < 1.29 is 13.9 Å². The fraction of sp³-hybridized carbons (Fsp3) is 0.389. The summed E-state index contributed by atoms with van der Waals surface area (Å²) < 4.78 is 10.7. The number of methoxy groups -OCH3 is 1. The van der Waals surface area contributed by atoms with Gasteiger partial charge >= 0.3 is 0 Å². The van der Waals surface area contributed by atoms with E-state index in [-0.39, 0.29) is 11.9 Å². The Bertz CT molecular complexity index is 645. The number of hydrogen-bond donors (Lipinski definition) is 0. The third-order valence-electron chi connectivity index (χ3n) is 4.22. The lowest BCUT2D eigenvalue weighted by Gasteiger charge is -2.24. The monoisotopic (exact) mass is 299 g/mol. The Labute approximate surface area is 130 Å². The van der Waals surface area contributed by atoms with Gasteiger partial charge in [-0.15, -0.1) is 0 Å². The molecule has 4 heteroatoms. The molecule has 0 bridgehead atoms. The fourth-order valence-corrected chi connectivity index (χ4v) is 3.04. The number of benzene rings is 1. The van der Waals surface area contributed by atoms with Gasteiger partial charge in [-0.1, -0.05) is 12.1 Å². The van der Waals surface area contributed by atoms with E-state index in [1.54, 1.807) is 13.2 Å². The van der Waals surface area contributed by atoms with E-state index in [1.165, 1.54) is 5.56 Å². The molecule has 1 saturated heterocycles. The van der Waals surface area contributed by atoms with Crippen molar-refractivity contribution in [3.8, 4) is 5.75 Å². The van der Waals surface area contributed by atoms with Crippen LogP contribution in [-0.2, 0) is 6.42 Å². The van der Waals surface area contributed by atoms with Crippen LogP contribution in [0, 0.1) is 6.92 Å². The molecule has 1 aromatic heterocycles. The van der Waals surface area contributed by atoms with E-state index in [9.17, 15) is 4.79 Å². The summed E-state index contributed by atoms with van der Waals surface area (Å²) in [5.74, 6) is 2.08. The van der Waals surface area contributed by atoms with Gasteiger partial charge in [0.15, 0.2) is 5.76 Å². The van der Waals surface area contributed by atoms with Crippen molar-refractivity contribution >= 4 is 5.91 Å². The third-order valence-corrected chi connectivity index (χ3v) is 4.22. The Hall–Kier alpha value is -2.23. The number of carbonyl (C=O) groups is 1. The topological polar surface area (TPSA) is 42.7 Å². The van der Waals surface area contributed by atoms with Crippen LogP contribution in [0.25, 0.3) is 0 Å². The molecule has 1 aromatic carbocycles. The summed E-state index contributed by atoms with van der Waals surface area (Å²) in [5, 5.41) is 0. The van der Waals surface area contributed by atoms with E-state index in [0.717, 1.165) is 37.3 Å². The first-order valence-electron chi connectivity index (χ1n) is 7.67. The van der Waals surface area contributed by atoms with Crippen molar-refractivity contribution in [2.45, 2.75) is 32.2 Å². The highest BCUT2D eigenvalue weighted by atomic mass is 16.5. The SMILES string of the molecule is COc1ccc(C[C@@H]2CCCN2C(=O)c2ccc(C)o2)cc1. The van der Waals surface area contributed by atoms with Crippen LogP contribution in [0.1, 0.15) is 34.7 Å². The predicted octanol–water partition coefficient (Wildman–Crippen LogP) is 3.44. The summed E-state index contributed by atoms with van der Waals surface area (Å²) in [7, 11) is 1.66. The first kappa shape index (κ1) is 14.7. The largest absolute Gasteiger partial charge is 0.497 e. The van der Waals surface area contributed by atoms with Crippen LogP contribution in [-0.4, -0.2) is 30.5 Å². The minimum absolute atomic E-state index is 0.00381. The van der Waals surface area contributed by atoms with E-state index in [4.69, 9.17) is 9.15 Å². The van der Waals surface area contributed by atoms with E-state index in [0.29, 0.717) is 5.76 Å². The number of likely N-dealkylation sites (tertiary alicyclic amines) is 1. The summed E-state index contributed by atoms with van der Waals surface area (Å²) >= 11 is 0. The number of carbonyl (C=O) groups excluding carboxylic acids is 1. The minimum Gasteiger partial charge on any atom is -0.497 e. The molecule has 22 heavy (non-hydrogen) atoms. The molecule has 0 unspecified atom stereocenters. The normalized spacial score (nSPS) is 17.7. The van der Waals surface area contributed by atoms with Crippen molar-refractivity contribution in [3.05, 3.63) is 53.5 Å². The molecular weight excluding hydrogens is 278 g/mol. The second kappa shape index (κ2) is 6.26. The molecule has 2 aromatic rings. The maximum Gasteiger partial charge on any atom is 0.289 e. The first-order valence-corrected chi connectivity index (χ1v) is 7.67. The summed E-state index contributed by atoms with van der Waals surface area (Å²) in [6, 6.07) is 11.9. The van der Waals surface area contributed by atoms with Gasteiger partial charge in [-0.2, -0.15) is 0 Å². The maximum absolute atomic E-state index is 12.6. The molecule has 1 aliphatic rings. The number of furan rings is 1. The maximum atomic E-state index is 12.6. The molecule has 0 spiro atoms. The summed E-state index contributed by atoms with van der Waals surface area (Å²) in [6.07, 6.45) is 2.96. The molecule has 1 fully saturated rings. The van der Waals surface area contributed by atoms with Crippen molar-refractivity contribution in [1.82, 2.24) is 4.90 Å². The van der Waals surface area contributed by atoms with Gasteiger partial charge in [0.25, 0.3) is 5.91 Å². The van der Waals surface area contributed by atoms with Gasteiger partial charge in [-0.05, 0) is 56.0 Å². The van der Waals surface area contributed by atoms with Crippen LogP contribution in [0.3, 0.4) is 0 Å². The van der Waals surface area contributed by atoms with Gasteiger partial charge in [0.05, 0.1) is 7.11 Å². The fourth-order valence-electron chi connectivity index (χ4n) is 3.04. The molecule has 3 rings (SSSR count). The molecular formula is C18H21NO3. The van der Waals surface area contributed by atoms with E-state index >= 15 is 0 Å². The van der Waals surface area contributed by atoms with E-state index in [1.807, 2.05) is 30.0 Å². The Kier molecular flexibility index (Phi) is 4.18. The minimum atomic E-state index is 0.00381. The molecule has 0 saturated carbocycles. The van der Waals surface area contributed by atoms with Crippen molar-refractivity contribution in [3.63, 3.8) is 0 Å². The highest BCUT2D eigenvalue weighted by Gasteiger charge is 2.30. The summed E-state index contributed by atoms with van der Waals surface area (Å²) in [6.45, 7) is 2.66. The zero-order valence-corrected chi connectivity index (χ0v) is 13.0. The molecule has 1 aliphatic heterocycles. The van der Waals surface area contributed by atoms with Gasteiger partial charge in [-0.3, -0.25) is 4.79 Å². The zero-order chi connectivity index (χ0) is 15.5. The second-order valence-corrected chi connectivity index (χ2v) is 5.76. The van der Waals surface area contributed by atoms with Crippen molar-refractivity contribution in [2.75, 3.05) is 13.7 Å². The highest BCUT2D eigenvalue weighted by molar-refractivity contribution is 5.92. The smallest absolute Gasteiger partial charge is 0.289 e. The average molecular weight is 299 g/mol. The standard InChI is InChI=1S/C18H21NO3/c1-13-5-10-17(22-13)18(20)19-11-3-4-15(19)12-14-6-8-16(21-2)9-7-14/h5-10,15H,3-4,11-12H2,1-2H3/t15-/m0/s1. The number of ether oxygens (including phenoxy) is 1. The molecule has 4 nitrogen and oxygen atoms in total. The van der Waals surface area contributed by atoms with Crippen LogP contribution in [0.15, 0.2) is 40.8 Å². The van der Waals surface area contributed by atoms with Gasteiger partial charge in [0.2, 0.25) is 0 Å². The quantitative estimate of drug-likeness (QED) is 0.868. The lowest BCUT2D eigenvalue weighted by atomic mass is 10.0. The Balaban J connectivity index is 1.71. The molecule has 0 N–H and O–H groups in total. The molecule has 0 aliphatic carbocycles. The lowest BCUT2D eigenvalue weighted by molar-refractivity contribution is 0.0703. The molecule has 116 valence electrons. The van der Waals surface area contributed by atoms with Crippen molar-refractivity contribution in [2.24, 2.45) is 0 Å². The summed E-state index contributed by atoms with van der Waals surface area (Å²) in [4.78, 5) is 14.5. The van der Waals surface area contributed by atoms with E-state index < -0.39 is 0 Å². The third kappa shape index (κ3) is 3.01. The van der Waals surface area contributed by atoms with Crippen LogP contribution >= 0.6 is 0 Å². The first-order chi connectivity index (χ1) is 10.7.